The van der Waals surface area contributed by atoms with Gasteiger partial charge in [-0.15, -0.1) is 0 Å². The molecule has 0 fully saturated rings. The highest BCUT2D eigenvalue weighted by atomic mass is 16.2. The molecule has 5 N–H and O–H groups in total. The van der Waals surface area contributed by atoms with E-state index in [1.54, 1.807) is 17.9 Å². The normalized spacial score (nSPS) is 11.0. The maximum Gasteiger partial charge on any atom is 0.251 e. The van der Waals surface area contributed by atoms with Crippen molar-refractivity contribution < 1.29 is 15.0 Å². The zero-order chi connectivity index (χ0) is 19.8. The molecule has 0 aliphatic heterocycles. The van der Waals surface area contributed by atoms with Crippen LogP contribution in [0.15, 0.2) is 66.2 Å². The van der Waals surface area contributed by atoms with Crippen LogP contribution in [0.25, 0.3) is 0 Å². The number of nitrogens with one attached hydrogen (secondary N) is 1. The molecule has 0 saturated carbocycles. The minimum absolute atomic E-state index is 0.140. The molecule has 0 saturated heterocycles. The van der Waals surface area contributed by atoms with E-state index in [4.69, 9.17) is 11.1 Å². The molecule has 0 bridgehead atoms. The minimum Gasteiger partial charge on any atom is -0.398 e. The van der Waals surface area contributed by atoms with Gasteiger partial charge in [-0.25, -0.2) is 0 Å². The molecule has 0 aliphatic rings. The van der Waals surface area contributed by atoms with Gasteiger partial charge < -0.3 is 16.0 Å². The predicted octanol–water partition coefficient (Wildman–Crippen LogP) is 0.933. The molecule has 0 aromatic heterocycles. The zero-order valence-corrected chi connectivity index (χ0v) is 15.6. The molecule has 140 valence electrons. The van der Waals surface area contributed by atoms with Crippen molar-refractivity contribution in [3.8, 4) is 0 Å². The van der Waals surface area contributed by atoms with Crippen LogP contribution in [-0.2, 0) is 9.59 Å². The van der Waals surface area contributed by atoms with Gasteiger partial charge in [-0.3, -0.25) is 15.0 Å². The Morgan fingerprint density at radius 2 is 1.70 bits per heavy atom. The number of nitrogens with two attached hydrogens (primary N) is 2. The summed E-state index contributed by atoms with van der Waals surface area (Å²) in [7, 11) is 0. The van der Waals surface area contributed by atoms with Crippen molar-refractivity contribution in [1.82, 2.24) is 5.32 Å². The van der Waals surface area contributed by atoms with Crippen molar-refractivity contribution in [2.24, 2.45) is 0 Å². The highest BCUT2D eigenvalue weighted by Crippen LogP contribution is 2.16. The number of rotatable bonds is 7. The van der Waals surface area contributed by atoms with E-state index in [0.29, 0.717) is 35.6 Å². The van der Waals surface area contributed by atoms with E-state index in [9.17, 15) is 9.59 Å². The summed E-state index contributed by atoms with van der Waals surface area (Å²) >= 11 is 0. The van der Waals surface area contributed by atoms with Crippen molar-refractivity contribution in [1.29, 1.82) is 0 Å². The largest absolute Gasteiger partial charge is 0.398 e. The molecule has 0 radical (unpaired) electrons. The number of para-hydroxylation sites is 2. The molecule has 0 spiro atoms. The Kier molecular flexibility index (Phi) is 6.88. The number of amides is 2. The first-order valence-corrected chi connectivity index (χ1v) is 8.67. The van der Waals surface area contributed by atoms with Gasteiger partial charge in [-0.2, -0.15) is 0 Å². The summed E-state index contributed by atoms with van der Waals surface area (Å²) in [5, 5.41) is 8.92. The second kappa shape index (κ2) is 9.33. The molecular formula is C21H25N4O2+. The maximum absolute atomic E-state index is 12.9. The van der Waals surface area contributed by atoms with Gasteiger partial charge in [-0.1, -0.05) is 30.3 Å². The van der Waals surface area contributed by atoms with E-state index >= 15 is 0 Å². The summed E-state index contributed by atoms with van der Waals surface area (Å²) in [6.45, 7) is 3.92. The van der Waals surface area contributed by atoms with Crippen LogP contribution < -0.4 is 21.4 Å². The average Bonchev–Trinajstić information content (AvgIpc) is 2.65. The predicted molar refractivity (Wildman–Crippen MR) is 108 cm³/mol. The first-order valence-electron chi connectivity index (χ1n) is 8.67. The van der Waals surface area contributed by atoms with Gasteiger partial charge in [0, 0.05) is 43.0 Å². The van der Waals surface area contributed by atoms with Crippen molar-refractivity contribution in [3.63, 3.8) is 0 Å². The van der Waals surface area contributed by atoms with Crippen LogP contribution in [0.1, 0.15) is 19.4 Å². The van der Waals surface area contributed by atoms with Gasteiger partial charge >= 0.3 is 0 Å². The van der Waals surface area contributed by atoms with E-state index in [-0.39, 0.29) is 11.8 Å². The molecular weight excluding hydrogens is 340 g/mol. The number of nitrogens with zero attached hydrogens (tertiary/aromatic N) is 1. The summed E-state index contributed by atoms with van der Waals surface area (Å²) in [6, 6.07) is 16.5. The van der Waals surface area contributed by atoms with Crippen molar-refractivity contribution in [2.45, 2.75) is 13.8 Å². The molecule has 0 atom stereocenters. The molecule has 2 aromatic carbocycles. The standard InChI is InChI=1S/C21H24N4O2/c1-15(21(23)18-10-6-7-11-19(18)22)14-20(27)25(13-12-24-16(2)26)17-8-4-3-5-9-17/h3-11,14,23H,12-13,22H2,1-2H3,(H,24,26)/p+1. The SMILES string of the molecule is CC(=O)NCCN(C(=O)C=C(C)C(=[NH2+])c1ccccc1N)c1ccccc1. The highest BCUT2D eigenvalue weighted by molar-refractivity contribution is 6.15. The number of hydrogen-bond donors (Lipinski definition) is 3. The van der Waals surface area contributed by atoms with E-state index in [1.165, 1.54) is 13.0 Å². The molecule has 2 rings (SSSR count). The number of hydrogen-bond acceptors (Lipinski definition) is 3. The summed E-state index contributed by atoms with van der Waals surface area (Å²) in [4.78, 5) is 25.6. The third-order valence-electron chi connectivity index (χ3n) is 4.06. The Morgan fingerprint density at radius 3 is 2.33 bits per heavy atom. The van der Waals surface area contributed by atoms with Crippen LogP contribution >= 0.6 is 0 Å². The quantitative estimate of drug-likeness (QED) is 0.386. The maximum atomic E-state index is 12.9. The van der Waals surface area contributed by atoms with Crippen LogP contribution in [0.3, 0.4) is 0 Å². The number of nitrogen functional groups attached to an aromatic ring is 1. The third kappa shape index (κ3) is 5.54. The van der Waals surface area contributed by atoms with Gasteiger partial charge in [0.1, 0.15) is 0 Å². The molecule has 0 unspecified atom stereocenters. The van der Waals surface area contributed by atoms with Crippen molar-refractivity contribution >= 4 is 28.9 Å². The molecule has 27 heavy (non-hydrogen) atoms. The number of benzene rings is 2. The topological polar surface area (TPSA) is 101 Å². The molecule has 2 amide bonds. The van der Waals surface area contributed by atoms with Gasteiger partial charge in [0.05, 0.1) is 5.56 Å². The van der Waals surface area contributed by atoms with Crippen molar-refractivity contribution in [2.75, 3.05) is 23.7 Å². The molecule has 2 aromatic rings. The lowest BCUT2D eigenvalue weighted by molar-refractivity contribution is -0.119. The molecule has 6 nitrogen and oxygen atoms in total. The van der Waals surface area contributed by atoms with Crippen molar-refractivity contribution in [3.05, 3.63) is 71.8 Å². The lowest BCUT2D eigenvalue weighted by Crippen LogP contribution is -2.42. The van der Waals surface area contributed by atoms with Gasteiger partial charge in [0.25, 0.3) is 5.91 Å². The first kappa shape index (κ1) is 19.9. The Labute approximate surface area is 159 Å². The fourth-order valence-electron chi connectivity index (χ4n) is 2.61. The van der Waals surface area contributed by atoms with Gasteiger partial charge in [0.15, 0.2) is 0 Å². The number of anilines is 2. The number of carbonyl (C=O) groups is 2. The minimum atomic E-state index is -0.221. The van der Waals surface area contributed by atoms with Crippen LogP contribution in [0, 0.1) is 0 Å². The first-order chi connectivity index (χ1) is 12.9. The monoisotopic (exact) mass is 365 g/mol. The second-order valence-electron chi connectivity index (χ2n) is 6.14. The molecule has 6 heteroatoms. The van der Waals surface area contributed by atoms with E-state index in [1.807, 2.05) is 48.5 Å². The van der Waals surface area contributed by atoms with Crippen LogP contribution in [-0.4, -0.2) is 30.6 Å². The summed E-state index contributed by atoms with van der Waals surface area (Å²) in [5.74, 6) is -0.360. The Hall–Kier alpha value is -3.41. The summed E-state index contributed by atoms with van der Waals surface area (Å²) in [5.41, 5.74) is 9.05. The number of allylic oxidation sites excluding steroid dienone is 1. The molecule has 0 heterocycles. The van der Waals surface area contributed by atoms with Gasteiger partial charge in [0.2, 0.25) is 11.6 Å². The van der Waals surface area contributed by atoms with Gasteiger partial charge in [-0.05, 0) is 31.2 Å². The Morgan fingerprint density at radius 1 is 1.07 bits per heavy atom. The third-order valence-corrected chi connectivity index (χ3v) is 4.06. The van der Waals surface area contributed by atoms with Crippen LogP contribution in [0.2, 0.25) is 0 Å². The van der Waals surface area contributed by atoms with Crippen LogP contribution in [0.4, 0.5) is 11.4 Å². The van der Waals surface area contributed by atoms with E-state index in [0.717, 1.165) is 5.69 Å². The Bertz CT molecular complexity index is 859. The zero-order valence-electron chi connectivity index (χ0n) is 15.6. The average molecular weight is 365 g/mol. The highest BCUT2D eigenvalue weighted by Gasteiger charge is 2.18. The smallest absolute Gasteiger partial charge is 0.251 e. The summed E-state index contributed by atoms with van der Waals surface area (Å²) in [6.07, 6.45) is 1.49. The lowest BCUT2D eigenvalue weighted by atomic mass is 10.0. The second-order valence-corrected chi connectivity index (χ2v) is 6.14. The van der Waals surface area contributed by atoms with E-state index in [2.05, 4.69) is 5.32 Å². The van der Waals surface area contributed by atoms with E-state index < -0.39 is 0 Å². The molecule has 0 aliphatic carbocycles. The number of carbonyl (C=O) groups excluding carboxylic acids is 2. The fraction of sp³-hybridized carbons (Fsp3) is 0.190. The van der Waals surface area contributed by atoms with Crippen LogP contribution in [0.5, 0.6) is 0 Å². The lowest BCUT2D eigenvalue weighted by Gasteiger charge is -2.21. The Balaban J connectivity index is 2.23. The summed E-state index contributed by atoms with van der Waals surface area (Å²) < 4.78 is 0. The fourth-order valence-corrected chi connectivity index (χ4v) is 2.61.